The van der Waals surface area contributed by atoms with Crippen molar-refractivity contribution in [3.8, 4) is 0 Å². The van der Waals surface area contributed by atoms with Crippen LogP contribution in [0.5, 0.6) is 0 Å². The van der Waals surface area contributed by atoms with Crippen LogP contribution in [0.15, 0.2) is 17.6 Å². The van der Waals surface area contributed by atoms with Crippen molar-refractivity contribution >= 4 is 15.8 Å². The smallest absolute Gasteiger partial charge is 0.277 e. The van der Waals surface area contributed by atoms with E-state index in [0.29, 0.717) is 36.5 Å². The van der Waals surface area contributed by atoms with Crippen LogP contribution in [0.25, 0.3) is 0 Å². The molecular weight excluding hydrogens is 338 g/mol. The van der Waals surface area contributed by atoms with E-state index in [1.54, 1.807) is 22.1 Å². The summed E-state index contributed by atoms with van der Waals surface area (Å²) in [5.74, 6) is 1.59. The van der Waals surface area contributed by atoms with Crippen LogP contribution in [0.4, 0.5) is 0 Å². The average molecular weight is 365 g/mol. The van der Waals surface area contributed by atoms with E-state index < -0.39 is 10.0 Å². The molecule has 25 heavy (non-hydrogen) atoms. The highest BCUT2D eigenvalue weighted by atomic mass is 32.2. The lowest BCUT2D eigenvalue weighted by molar-refractivity contribution is -0.136. The predicted octanol–water partition coefficient (Wildman–Crippen LogP) is 2.21. The maximum atomic E-state index is 13.2. The van der Waals surface area contributed by atoms with Crippen molar-refractivity contribution < 1.29 is 13.2 Å². The number of nitrogens with zero attached hydrogens (tertiary/aromatic N) is 3. The average Bonchev–Trinajstić information content (AvgIpc) is 3.02. The third-order valence-corrected chi connectivity index (χ3v) is 8.69. The van der Waals surface area contributed by atoms with E-state index in [1.165, 1.54) is 6.20 Å². The molecule has 5 atom stereocenters. The summed E-state index contributed by atoms with van der Waals surface area (Å²) in [6.07, 6.45) is 8.52. The SMILES string of the molecule is CC[C@H]1C(=O)C[C@@H]2CCN(S(=O)(=O)c3nccn3C)[C@@H]3CCC[C@H]1[C@@H]23. The van der Waals surface area contributed by atoms with Gasteiger partial charge in [-0.05, 0) is 43.4 Å². The Morgan fingerprint density at radius 2 is 2.08 bits per heavy atom. The Morgan fingerprint density at radius 3 is 2.76 bits per heavy atom. The molecule has 138 valence electrons. The van der Waals surface area contributed by atoms with Gasteiger partial charge in [-0.1, -0.05) is 13.3 Å². The molecule has 7 heteroatoms. The van der Waals surface area contributed by atoms with E-state index in [-0.39, 0.29) is 17.1 Å². The van der Waals surface area contributed by atoms with E-state index in [1.807, 2.05) is 0 Å². The molecule has 1 aromatic heterocycles. The van der Waals surface area contributed by atoms with Gasteiger partial charge in [0.1, 0.15) is 5.78 Å². The zero-order valence-electron chi connectivity index (χ0n) is 15.0. The van der Waals surface area contributed by atoms with Crippen molar-refractivity contribution in [2.24, 2.45) is 30.7 Å². The van der Waals surface area contributed by atoms with Crippen molar-refractivity contribution in [1.29, 1.82) is 0 Å². The first kappa shape index (κ1) is 17.2. The first-order valence-corrected chi connectivity index (χ1v) is 10.9. The third-order valence-electron chi connectivity index (χ3n) is 6.76. The zero-order chi connectivity index (χ0) is 17.8. The number of piperidine rings is 1. The molecule has 0 amide bonds. The van der Waals surface area contributed by atoms with Gasteiger partial charge in [-0.25, -0.2) is 13.4 Å². The van der Waals surface area contributed by atoms with Crippen LogP contribution in [0, 0.1) is 23.7 Å². The second-order valence-corrected chi connectivity index (χ2v) is 9.69. The van der Waals surface area contributed by atoms with Gasteiger partial charge in [0.15, 0.2) is 0 Å². The molecule has 0 spiro atoms. The van der Waals surface area contributed by atoms with Gasteiger partial charge >= 0.3 is 0 Å². The summed E-state index contributed by atoms with van der Waals surface area (Å²) in [5.41, 5.74) is 0. The van der Waals surface area contributed by atoms with E-state index >= 15 is 0 Å². The van der Waals surface area contributed by atoms with Gasteiger partial charge in [0.2, 0.25) is 5.16 Å². The van der Waals surface area contributed by atoms with Crippen molar-refractivity contribution in [2.45, 2.75) is 56.6 Å². The number of sulfonamides is 1. The fourth-order valence-electron chi connectivity index (χ4n) is 5.77. The Labute approximate surface area is 149 Å². The molecule has 2 heterocycles. The summed E-state index contributed by atoms with van der Waals surface area (Å²) in [4.78, 5) is 16.6. The summed E-state index contributed by atoms with van der Waals surface area (Å²) in [7, 11) is -1.86. The molecule has 6 nitrogen and oxygen atoms in total. The normalized spacial score (nSPS) is 36.2. The second kappa shape index (κ2) is 6.20. The van der Waals surface area contributed by atoms with Crippen LogP contribution >= 0.6 is 0 Å². The first-order valence-electron chi connectivity index (χ1n) is 9.47. The minimum absolute atomic E-state index is 0.0290. The molecule has 0 unspecified atom stereocenters. The standard InChI is InChI=1S/C18H27N3O3S/c1-3-13-14-5-4-6-15-17(14)12(11-16(13)22)7-9-21(15)25(23,24)18-19-8-10-20(18)2/h8,10,12-15,17H,3-7,9,11H2,1-2H3/t12-,13+,14+,15+,17+/m0/s1. The Balaban J connectivity index is 1.70. The van der Waals surface area contributed by atoms with E-state index in [0.717, 1.165) is 32.1 Å². The van der Waals surface area contributed by atoms with Gasteiger partial charge in [-0.15, -0.1) is 0 Å². The predicted molar refractivity (Wildman–Crippen MR) is 93.2 cm³/mol. The Hall–Kier alpha value is -1.21. The summed E-state index contributed by atoms with van der Waals surface area (Å²) in [5, 5.41) is 0.131. The highest BCUT2D eigenvalue weighted by Crippen LogP contribution is 2.51. The minimum Gasteiger partial charge on any atom is -0.324 e. The van der Waals surface area contributed by atoms with Crippen molar-refractivity contribution in [2.75, 3.05) is 6.54 Å². The molecule has 1 aliphatic heterocycles. The Morgan fingerprint density at radius 1 is 1.28 bits per heavy atom. The maximum Gasteiger partial charge on any atom is 0.277 e. The molecule has 0 N–H and O–H groups in total. The van der Waals surface area contributed by atoms with Gasteiger partial charge in [0.25, 0.3) is 10.0 Å². The molecule has 4 rings (SSSR count). The highest BCUT2D eigenvalue weighted by Gasteiger charge is 2.53. The molecule has 3 aliphatic rings. The fourth-order valence-corrected chi connectivity index (χ4v) is 7.55. The molecule has 3 fully saturated rings. The van der Waals surface area contributed by atoms with Gasteiger partial charge < -0.3 is 4.57 Å². The van der Waals surface area contributed by atoms with Crippen molar-refractivity contribution in [3.05, 3.63) is 12.4 Å². The molecular formula is C18H27N3O3S. The lowest BCUT2D eigenvalue weighted by Gasteiger charge is -2.54. The lowest BCUT2D eigenvalue weighted by atomic mass is 9.56. The van der Waals surface area contributed by atoms with Gasteiger partial charge in [0, 0.05) is 44.4 Å². The number of hydrogen-bond acceptors (Lipinski definition) is 4. The number of imidazole rings is 1. The van der Waals surface area contributed by atoms with Crippen LogP contribution in [0.2, 0.25) is 0 Å². The number of aryl methyl sites for hydroxylation is 1. The number of ketones is 1. The van der Waals surface area contributed by atoms with E-state index in [2.05, 4.69) is 11.9 Å². The van der Waals surface area contributed by atoms with Crippen LogP contribution in [0.3, 0.4) is 0 Å². The lowest BCUT2D eigenvalue weighted by Crippen LogP contribution is -2.59. The van der Waals surface area contributed by atoms with Crippen LogP contribution < -0.4 is 0 Å². The second-order valence-electron chi connectivity index (χ2n) is 7.91. The summed E-state index contributed by atoms with van der Waals surface area (Å²) >= 11 is 0. The van der Waals surface area contributed by atoms with Gasteiger partial charge in [0.05, 0.1) is 0 Å². The molecule has 2 saturated carbocycles. The molecule has 0 radical (unpaired) electrons. The number of rotatable bonds is 3. The minimum atomic E-state index is -3.59. The molecule has 2 aliphatic carbocycles. The van der Waals surface area contributed by atoms with E-state index in [9.17, 15) is 13.2 Å². The van der Waals surface area contributed by atoms with Crippen molar-refractivity contribution in [3.63, 3.8) is 0 Å². The monoisotopic (exact) mass is 365 g/mol. The molecule has 0 bridgehead atoms. The zero-order valence-corrected chi connectivity index (χ0v) is 15.8. The number of Topliss-reactive ketones (excluding diaryl/α,β-unsaturated/α-hetero) is 1. The summed E-state index contributed by atoms with van der Waals surface area (Å²) in [6.45, 7) is 2.61. The third kappa shape index (κ3) is 2.58. The Kier molecular flexibility index (Phi) is 4.27. The summed E-state index contributed by atoms with van der Waals surface area (Å²) in [6, 6.07) is 0.0290. The van der Waals surface area contributed by atoms with Crippen LogP contribution in [-0.2, 0) is 21.9 Å². The number of aromatic nitrogens is 2. The molecule has 1 aromatic rings. The fraction of sp³-hybridized carbons (Fsp3) is 0.778. The number of hydrogen-bond donors (Lipinski definition) is 0. The summed E-state index contributed by atoms with van der Waals surface area (Å²) < 4.78 is 29.8. The largest absolute Gasteiger partial charge is 0.324 e. The first-order chi connectivity index (χ1) is 11.9. The topological polar surface area (TPSA) is 72.3 Å². The van der Waals surface area contributed by atoms with Gasteiger partial charge in [-0.3, -0.25) is 4.79 Å². The quantitative estimate of drug-likeness (QED) is 0.823. The number of carbonyl (C=O) groups is 1. The van der Waals surface area contributed by atoms with Gasteiger partial charge in [-0.2, -0.15) is 4.31 Å². The van der Waals surface area contributed by atoms with Crippen LogP contribution in [0.1, 0.15) is 45.4 Å². The number of carbonyl (C=O) groups excluding carboxylic acids is 1. The van der Waals surface area contributed by atoms with E-state index in [4.69, 9.17) is 0 Å². The highest BCUT2D eigenvalue weighted by molar-refractivity contribution is 7.89. The maximum absolute atomic E-state index is 13.2. The Bertz CT molecular complexity index is 772. The van der Waals surface area contributed by atoms with Crippen molar-refractivity contribution in [1.82, 2.24) is 13.9 Å². The van der Waals surface area contributed by atoms with Crippen LogP contribution in [-0.4, -0.2) is 40.6 Å². The molecule has 1 saturated heterocycles. The molecule has 0 aromatic carbocycles.